The van der Waals surface area contributed by atoms with Crippen molar-refractivity contribution in [3.8, 4) is 0 Å². The van der Waals surface area contributed by atoms with Gasteiger partial charge in [-0.15, -0.1) is 0 Å². The molecule has 2 fully saturated rings. The SMILES string of the molecule is O=C(NCC1CCS(=O)(=O)C1)C1(c2ccccc2)CCC1. The fourth-order valence-corrected chi connectivity index (χ4v) is 5.24. The average molecular weight is 307 g/mol. The first-order valence-corrected chi connectivity index (χ1v) is 9.38. The molecule has 4 nitrogen and oxygen atoms in total. The van der Waals surface area contributed by atoms with E-state index in [-0.39, 0.29) is 23.3 Å². The Hall–Kier alpha value is -1.36. The highest BCUT2D eigenvalue weighted by molar-refractivity contribution is 7.91. The number of nitrogens with one attached hydrogen (secondary N) is 1. The van der Waals surface area contributed by atoms with Crippen LogP contribution in [0.1, 0.15) is 31.2 Å². The van der Waals surface area contributed by atoms with Gasteiger partial charge in [-0.3, -0.25) is 4.79 Å². The van der Waals surface area contributed by atoms with Gasteiger partial charge < -0.3 is 5.32 Å². The predicted molar refractivity (Wildman–Crippen MR) is 81.7 cm³/mol. The van der Waals surface area contributed by atoms with E-state index in [2.05, 4.69) is 5.32 Å². The van der Waals surface area contributed by atoms with Gasteiger partial charge in [0.2, 0.25) is 5.91 Å². The van der Waals surface area contributed by atoms with E-state index in [1.165, 1.54) is 0 Å². The predicted octanol–water partition coefficient (Wildman–Crippen LogP) is 1.66. The molecule has 1 aliphatic carbocycles. The molecule has 1 amide bonds. The van der Waals surface area contributed by atoms with Gasteiger partial charge in [-0.2, -0.15) is 0 Å². The number of rotatable bonds is 4. The first-order chi connectivity index (χ1) is 10.0. The Kier molecular flexibility index (Phi) is 3.78. The van der Waals surface area contributed by atoms with Crippen molar-refractivity contribution < 1.29 is 13.2 Å². The van der Waals surface area contributed by atoms with Crippen LogP contribution in [0.15, 0.2) is 30.3 Å². The number of benzene rings is 1. The lowest BCUT2D eigenvalue weighted by Crippen LogP contribution is -2.50. The number of hydrogen-bond acceptors (Lipinski definition) is 3. The molecule has 114 valence electrons. The van der Waals surface area contributed by atoms with Crippen LogP contribution in [0.2, 0.25) is 0 Å². The molecule has 5 heteroatoms. The molecule has 0 spiro atoms. The van der Waals surface area contributed by atoms with Crippen LogP contribution in [0.25, 0.3) is 0 Å². The van der Waals surface area contributed by atoms with Crippen LogP contribution in [0.4, 0.5) is 0 Å². The summed E-state index contributed by atoms with van der Waals surface area (Å²) in [5, 5.41) is 3.00. The molecule has 1 aliphatic heterocycles. The monoisotopic (exact) mass is 307 g/mol. The van der Waals surface area contributed by atoms with Gasteiger partial charge in [0.1, 0.15) is 0 Å². The minimum absolute atomic E-state index is 0.0595. The van der Waals surface area contributed by atoms with Crippen molar-refractivity contribution in [1.82, 2.24) is 5.32 Å². The van der Waals surface area contributed by atoms with Gasteiger partial charge in [-0.1, -0.05) is 36.8 Å². The van der Waals surface area contributed by atoms with Crippen molar-refractivity contribution in [2.75, 3.05) is 18.1 Å². The smallest absolute Gasteiger partial charge is 0.230 e. The first-order valence-electron chi connectivity index (χ1n) is 7.56. The number of carbonyl (C=O) groups is 1. The second kappa shape index (κ2) is 5.44. The molecule has 1 aromatic rings. The van der Waals surface area contributed by atoms with E-state index in [1.807, 2.05) is 30.3 Å². The van der Waals surface area contributed by atoms with Crippen molar-refractivity contribution in [2.24, 2.45) is 5.92 Å². The molecule has 0 aromatic heterocycles. The van der Waals surface area contributed by atoms with Crippen LogP contribution in [0.3, 0.4) is 0 Å². The summed E-state index contributed by atoms with van der Waals surface area (Å²) in [7, 11) is -2.87. The lowest BCUT2D eigenvalue weighted by atomic mass is 9.64. The van der Waals surface area contributed by atoms with Gasteiger partial charge in [0.15, 0.2) is 9.84 Å². The van der Waals surface area contributed by atoms with Gasteiger partial charge in [0, 0.05) is 6.54 Å². The van der Waals surface area contributed by atoms with E-state index in [4.69, 9.17) is 0 Å². The zero-order valence-electron chi connectivity index (χ0n) is 12.0. The highest BCUT2D eigenvalue weighted by Gasteiger charge is 2.45. The third-order valence-corrected chi connectivity index (χ3v) is 6.68. The topological polar surface area (TPSA) is 63.2 Å². The van der Waals surface area contributed by atoms with Gasteiger partial charge in [-0.05, 0) is 30.7 Å². The quantitative estimate of drug-likeness (QED) is 0.920. The van der Waals surface area contributed by atoms with Crippen LogP contribution in [-0.2, 0) is 20.0 Å². The third kappa shape index (κ3) is 2.84. The number of amides is 1. The highest BCUT2D eigenvalue weighted by Crippen LogP contribution is 2.43. The van der Waals surface area contributed by atoms with E-state index < -0.39 is 15.3 Å². The summed E-state index contributed by atoms with van der Waals surface area (Å²) in [4.78, 5) is 12.6. The third-order valence-electron chi connectivity index (χ3n) is 4.85. The Balaban J connectivity index is 1.65. The van der Waals surface area contributed by atoms with Crippen molar-refractivity contribution >= 4 is 15.7 Å². The molecule has 3 rings (SSSR count). The molecule has 0 radical (unpaired) electrons. The molecule has 1 heterocycles. The molecule has 1 saturated carbocycles. The summed E-state index contributed by atoms with van der Waals surface area (Å²) in [5.41, 5.74) is 0.687. The Bertz CT molecular complexity index is 620. The Morgan fingerprint density at radius 1 is 1.24 bits per heavy atom. The van der Waals surface area contributed by atoms with E-state index in [0.29, 0.717) is 13.0 Å². The lowest BCUT2D eigenvalue weighted by molar-refractivity contribution is -0.130. The van der Waals surface area contributed by atoms with Crippen molar-refractivity contribution in [2.45, 2.75) is 31.1 Å². The lowest BCUT2D eigenvalue weighted by Gasteiger charge is -2.41. The van der Waals surface area contributed by atoms with Crippen molar-refractivity contribution in [1.29, 1.82) is 0 Å². The fourth-order valence-electron chi connectivity index (χ4n) is 3.37. The van der Waals surface area contributed by atoms with Crippen LogP contribution >= 0.6 is 0 Å². The summed E-state index contributed by atoms with van der Waals surface area (Å²) in [6.45, 7) is 0.479. The van der Waals surface area contributed by atoms with Crippen LogP contribution in [0.5, 0.6) is 0 Å². The second-order valence-corrected chi connectivity index (χ2v) is 8.51. The minimum atomic E-state index is -2.87. The fraction of sp³-hybridized carbons (Fsp3) is 0.562. The number of sulfone groups is 1. The van der Waals surface area contributed by atoms with Crippen molar-refractivity contribution in [3.63, 3.8) is 0 Å². The van der Waals surface area contributed by atoms with Gasteiger partial charge in [0.05, 0.1) is 16.9 Å². The first kappa shape index (κ1) is 14.6. The highest BCUT2D eigenvalue weighted by atomic mass is 32.2. The van der Waals surface area contributed by atoms with Crippen LogP contribution in [-0.4, -0.2) is 32.4 Å². The Morgan fingerprint density at radius 3 is 2.48 bits per heavy atom. The molecule has 21 heavy (non-hydrogen) atoms. The maximum absolute atomic E-state index is 12.6. The maximum atomic E-state index is 12.6. The van der Waals surface area contributed by atoms with E-state index >= 15 is 0 Å². The molecule has 1 saturated heterocycles. The number of carbonyl (C=O) groups excluding carboxylic acids is 1. The standard InChI is InChI=1S/C16H21NO3S/c18-15(17-11-13-7-10-21(19,20)12-13)16(8-4-9-16)14-5-2-1-3-6-14/h1-3,5-6,13H,4,7-12H2,(H,17,18). The summed E-state index contributed by atoms with van der Waals surface area (Å²) in [6.07, 6.45) is 3.50. The van der Waals surface area contributed by atoms with Crippen LogP contribution in [0, 0.1) is 5.92 Å². The van der Waals surface area contributed by atoms with E-state index in [1.54, 1.807) is 0 Å². The molecule has 1 unspecified atom stereocenters. The molecular formula is C16H21NO3S. The summed E-state index contributed by atoms with van der Waals surface area (Å²) >= 11 is 0. The second-order valence-electron chi connectivity index (χ2n) is 6.28. The Morgan fingerprint density at radius 2 is 1.95 bits per heavy atom. The van der Waals surface area contributed by atoms with Crippen LogP contribution < -0.4 is 5.32 Å². The number of hydrogen-bond donors (Lipinski definition) is 1. The van der Waals surface area contributed by atoms with Gasteiger partial charge in [-0.25, -0.2) is 8.42 Å². The molecule has 1 atom stereocenters. The van der Waals surface area contributed by atoms with Crippen molar-refractivity contribution in [3.05, 3.63) is 35.9 Å². The zero-order chi connectivity index (χ0) is 14.9. The maximum Gasteiger partial charge on any atom is 0.230 e. The molecule has 0 bridgehead atoms. The van der Waals surface area contributed by atoms with E-state index in [9.17, 15) is 13.2 Å². The molecular weight excluding hydrogens is 286 g/mol. The minimum Gasteiger partial charge on any atom is -0.355 e. The van der Waals surface area contributed by atoms with E-state index in [0.717, 1.165) is 24.8 Å². The zero-order valence-corrected chi connectivity index (χ0v) is 12.9. The molecule has 1 N–H and O–H groups in total. The van der Waals surface area contributed by atoms with Gasteiger partial charge >= 0.3 is 0 Å². The summed E-state index contributed by atoms with van der Waals surface area (Å²) in [6, 6.07) is 9.91. The largest absolute Gasteiger partial charge is 0.355 e. The molecule has 2 aliphatic rings. The summed E-state index contributed by atoms with van der Waals surface area (Å²) in [5.74, 6) is 0.610. The van der Waals surface area contributed by atoms with Gasteiger partial charge in [0.25, 0.3) is 0 Å². The summed E-state index contributed by atoms with van der Waals surface area (Å²) < 4.78 is 22.9. The molecule has 1 aromatic carbocycles. The average Bonchev–Trinajstić information content (AvgIpc) is 2.76. The normalized spacial score (nSPS) is 26.0. The Labute approximate surface area is 125 Å².